The molecule has 0 radical (unpaired) electrons. The minimum Gasteiger partial charge on any atom is -0.319 e. The SMILES string of the molecule is CCP(=O)(CC)c1cnn(-c2cnn3ccc(I)nc23)c1. The van der Waals surface area contributed by atoms with Crippen LogP contribution in [-0.2, 0) is 4.57 Å². The van der Waals surface area contributed by atoms with Crippen molar-refractivity contribution in [3.63, 3.8) is 0 Å². The van der Waals surface area contributed by atoms with Gasteiger partial charge in [0.15, 0.2) is 5.65 Å². The molecule has 0 unspecified atom stereocenters. The predicted molar refractivity (Wildman–Crippen MR) is 91.1 cm³/mol. The minimum absolute atomic E-state index is 0.653. The van der Waals surface area contributed by atoms with Crippen molar-refractivity contribution < 1.29 is 4.57 Å². The van der Waals surface area contributed by atoms with Crippen molar-refractivity contribution in [3.8, 4) is 5.69 Å². The van der Waals surface area contributed by atoms with E-state index in [2.05, 4.69) is 37.8 Å². The van der Waals surface area contributed by atoms with Crippen molar-refractivity contribution in [2.45, 2.75) is 13.8 Å². The molecular weight excluding hydrogens is 400 g/mol. The molecule has 0 saturated heterocycles. The molecule has 0 bridgehead atoms. The van der Waals surface area contributed by atoms with Gasteiger partial charge in [-0.3, -0.25) is 0 Å². The Balaban J connectivity index is 2.10. The number of hydrogen-bond donors (Lipinski definition) is 0. The van der Waals surface area contributed by atoms with E-state index < -0.39 is 7.14 Å². The van der Waals surface area contributed by atoms with Crippen LogP contribution in [0.15, 0.2) is 30.9 Å². The molecule has 0 N–H and O–H groups in total. The molecule has 0 saturated carbocycles. The summed E-state index contributed by atoms with van der Waals surface area (Å²) in [5.74, 6) is 0. The molecule has 0 aliphatic heterocycles. The van der Waals surface area contributed by atoms with E-state index in [1.54, 1.807) is 21.6 Å². The van der Waals surface area contributed by atoms with E-state index in [0.717, 1.165) is 20.3 Å². The van der Waals surface area contributed by atoms with Crippen molar-refractivity contribution in [1.82, 2.24) is 24.4 Å². The highest BCUT2D eigenvalue weighted by molar-refractivity contribution is 14.1. The van der Waals surface area contributed by atoms with E-state index in [0.29, 0.717) is 12.3 Å². The maximum Gasteiger partial charge on any atom is 0.182 e. The van der Waals surface area contributed by atoms with Gasteiger partial charge in [-0.25, -0.2) is 14.2 Å². The van der Waals surface area contributed by atoms with Gasteiger partial charge >= 0.3 is 0 Å². The average molecular weight is 415 g/mol. The number of hydrogen-bond acceptors (Lipinski definition) is 4. The van der Waals surface area contributed by atoms with Gasteiger partial charge in [0, 0.05) is 24.7 Å². The van der Waals surface area contributed by atoms with Gasteiger partial charge in [-0.15, -0.1) is 0 Å². The summed E-state index contributed by atoms with van der Waals surface area (Å²) in [6, 6.07) is 1.89. The van der Waals surface area contributed by atoms with Gasteiger partial charge in [0.2, 0.25) is 0 Å². The molecule has 0 fully saturated rings. The summed E-state index contributed by atoms with van der Waals surface area (Å²) >= 11 is 2.17. The molecule has 110 valence electrons. The highest BCUT2D eigenvalue weighted by atomic mass is 127. The Morgan fingerprint density at radius 2 is 2.00 bits per heavy atom. The minimum atomic E-state index is -2.32. The van der Waals surface area contributed by atoms with Gasteiger partial charge in [0.25, 0.3) is 0 Å². The molecular formula is C13H15IN5OP. The standard InChI is InChI=1S/C13H15IN5OP/c1-3-21(20,4-2)10-7-15-19(9-10)11-8-16-18-6-5-12(14)17-13(11)18/h5-9H,3-4H2,1-2H3. The van der Waals surface area contributed by atoms with E-state index in [1.165, 1.54) is 0 Å². The lowest BCUT2D eigenvalue weighted by Crippen LogP contribution is -2.06. The Labute approximate surface area is 136 Å². The summed E-state index contributed by atoms with van der Waals surface area (Å²) in [4.78, 5) is 4.48. The Kier molecular flexibility index (Phi) is 3.88. The largest absolute Gasteiger partial charge is 0.319 e. The van der Waals surface area contributed by atoms with E-state index in [9.17, 15) is 4.57 Å². The third kappa shape index (κ3) is 2.53. The highest BCUT2D eigenvalue weighted by Crippen LogP contribution is 2.43. The first-order valence-corrected chi connectivity index (χ1v) is 9.86. The molecule has 0 aliphatic rings. The van der Waals surface area contributed by atoms with Crippen LogP contribution < -0.4 is 5.30 Å². The van der Waals surface area contributed by atoms with Gasteiger partial charge in [0.05, 0.1) is 17.7 Å². The fourth-order valence-corrected chi connectivity index (χ4v) is 4.39. The van der Waals surface area contributed by atoms with E-state index in [-0.39, 0.29) is 0 Å². The molecule has 0 atom stereocenters. The molecule has 3 heterocycles. The lowest BCUT2D eigenvalue weighted by Gasteiger charge is -2.10. The Hall–Kier alpha value is -1.21. The smallest absolute Gasteiger partial charge is 0.182 e. The molecule has 0 aromatic carbocycles. The van der Waals surface area contributed by atoms with Crippen LogP contribution in [0.25, 0.3) is 11.3 Å². The summed E-state index contributed by atoms with van der Waals surface area (Å²) in [5, 5.41) is 9.44. The lowest BCUT2D eigenvalue weighted by atomic mass is 10.5. The first kappa shape index (κ1) is 14.7. The molecule has 3 rings (SSSR count). The highest BCUT2D eigenvalue weighted by Gasteiger charge is 2.22. The summed E-state index contributed by atoms with van der Waals surface area (Å²) in [5.41, 5.74) is 1.53. The fourth-order valence-electron chi connectivity index (χ4n) is 2.24. The number of halogens is 1. The zero-order valence-electron chi connectivity index (χ0n) is 11.8. The van der Waals surface area contributed by atoms with Gasteiger partial charge < -0.3 is 4.57 Å². The third-order valence-corrected chi connectivity index (χ3v) is 7.44. The topological polar surface area (TPSA) is 65.1 Å². The monoisotopic (exact) mass is 415 g/mol. The summed E-state index contributed by atoms with van der Waals surface area (Å²) in [6.45, 7) is 3.92. The molecule has 3 aromatic heterocycles. The second kappa shape index (κ2) is 5.53. The molecule has 6 nitrogen and oxygen atoms in total. The zero-order valence-corrected chi connectivity index (χ0v) is 14.8. The summed E-state index contributed by atoms with van der Waals surface area (Å²) in [6.07, 6.45) is 8.43. The van der Waals surface area contributed by atoms with Crippen molar-refractivity contribution in [2.24, 2.45) is 0 Å². The van der Waals surface area contributed by atoms with Crippen LogP contribution in [0.4, 0.5) is 0 Å². The Bertz CT molecular complexity index is 832. The first-order chi connectivity index (χ1) is 10.1. The fraction of sp³-hybridized carbons (Fsp3) is 0.308. The van der Waals surface area contributed by atoms with E-state index in [4.69, 9.17) is 0 Å². The van der Waals surface area contributed by atoms with Crippen LogP contribution in [0.1, 0.15) is 13.8 Å². The van der Waals surface area contributed by atoms with Gasteiger partial charge in [-0.1, -0.05) is 13.8 Å². The predicted octanol–water partition coefficient (Wildman–Crippen LogP) is 2.55. The molecule has 0 aliphatic carbocycles. The maximum absolute atomic E-state index is 12.8. The first-order valence-electron chi connectivity index (χ1n) is 6.71. The van der Waals surface area contributed by atoms with Gasteiger partial charge in [-0.2, -0.15) is 10.2 Å². The molecule has 8 heteroatoms. The van der Waals surface area contributed by atoms with Crippen molar-refractivity contribution in [1.29, 1.82) is 0 Å². The molecule has 0 amide bonds. The lowest BCUT2D eigenvalue weighted by molar-refractivity contribution is 0.582. The zero-order chi connectivity index (χ0) is 15.0. The van der Waals surface area contributed by atoms with Crippen LogP contribution in [0.2, 0.25) is 0 Å². The molecule has 0 spiro atoms. The summed E-state index contributed by atoms with van der Waals surface area (Å²) in [7, 11) is -2.32. The van der Waals surface area contributed by atoms with Crippen molar-refractivity contribution in [3.05, 3.63) is 34.6 Å². The number of nitrogens with zero attached hydrogens (tertiary/aromatic N) is 5. The number of rotatable bonds is 4. The van der Waals surface area contributed by atoms with Gasteiger partial charge in [-0.05, 0) is 28.7 Å². The van der Waals surface area contributed by atoms with Crippen LogP contribution in [-0.4, -0.2) is 36.7 Å². The molecule has 3 aromatic rings. The summed E-state index contributed by atoms with van der Waals surface area (Å²) < 4.78 is 17.1. The van der Waals surface area contributed by atoms with Crippen LogP contribution in [0.5, 0.6) is 0 Å². The van der Waals surface area contributed by atoms with Crippen molar-refractivity contribution >= 4 is 40.7 Å². The normalized spacial score (nSPS) is 12.1. The Morgan fingerprint density at radius 3 is 2.71 bits per heavy atom. The quantitative estimate of drug-likeness (QED) is 0.373. The molecule has 21 heavy (non-hydrogen) atoms. The van der Waals surface area contributed by atoms with Crippen LogP contribution in [0, 0.1) is 3.70 Å². The maximum atomic E-state index is 12.8. The van der Waals surface area contributed by atoms with Gasteiger partial charge in [0.1, 0.15) is 16.5 Å². The van der Waals surface area contributed by atoms with Crippen LogP contribution >= 0.6 is 29.7 Å². The van der Waals surface area contributed by atoms with Crippen molar-refractivity contribution in [2.75, 3.05) is 12.3 Å². The average Bonchev–Trinajstić information content (AvgIpc) is 3.12. The number of aromatic nitrogens is 5. The third-order valence-electron chi connectivity index (χ3n) is 3.62. The Morgan fingerprint density at radius 1 is 1.24 bits per heavy atom. The second-order valence-corrected chi connectivity index (χ2v) is 9.38. The van der Waals surface area contributed by atoms with E-state index in [1.807, 2.05) is 32.3 Å². The number of fused-ring (bicyclic) bond motifs is 1. The van der Waals surface area contributed by atoms with Crippen LogP contribution in [0.3, 0.4) is 0 Å². The van der Waals surface area contributed by atoms with E-state index >= 15 is 0 Å². The second-order valence-electron chi connectivity index (χ2n) is 4.71.